The number of carbonyl (C=O) groups excluding carboxylic acids is 1. The summed E-state index contributed by atoms with van der Waals surface area (Å²) in [7, 11) is 1.83. The predicted molar refractivity (Wildman–Crippen MR) is 64.8 cm³/mol. The van der Waals surface area contributed by atoms with Crippen molar-refractivity contribution in [3.8, 4) is 0 Å². The maximum atomic E-state index is 11.9. The van der Waals surface area contributed by atoms with E-state index in [0.717, 1.165) is 45.9 Å². The van der Waals surface area contributed by atoms with Crippen LogP contribution in [0.4, 0.5) is 4.79 Å². The van der Waals surface area contributed by atoms with Crippen LogP contribution in [0, 0.1) is 0 Å². The van der Waals surface area contributed by atoms with E-state index >= 15 is 0 Å². The van der Waals surface area contributed by atoms with E-state index in [4.69, 9.17) is 10.5 Å². The second kappa shape index (κ2) is 5.66. The Morgan fingerprint density at radius 2 is 2.06 bits per heavy atom. The molecule has 2 aliphatic rings. The van der Waals surface area contributed by atoms with Crippen LogP contribution in [-0.2, 0) is 4.74 Å². The number of carbonyl (C=O) groups is 1. The summed E-state index contributed by atoms with van der Waals surface area (Å²) in [5, 5.41) is 0. The molecule has 6 nitrogen and oxygen atoms in total. The fourth-order valence-electron chi connectivity index (χ4n) is 2.34. The smallest absolute Gasteiger partial charge is 0.320 e. The van der Waals surface area contributed by atoms with E-state index in [1.54, 1.807) is 4.90 Å². The SMILES string of the molecule is CN1C(=O)N(CCN2CCOCC2)CC1CN. The Bertz CT molecular complexity index is 268. The molecule has 2 saturated heterocycles. The lowest BCUT2D eigenvalue weighted by Gasteiger charge is -2.28. The monoisotopic (exact) mass is 242 g/mol. The van der Waals surface area contributed by atoms with Gasteiger partial charge in [0, 0.05) is 46.3 Å². The number of morpholine rings is 1. The van der Waals surface area contributed by atoms with Crippen LogP contribution in [0.2, 0.25) is 0 Å². The minimum absolute atomic E-state index is 0.105. The molecule has 0 bridgehead atoms. The van der Waals surface area contributed by atoms with Crippen LogP contribution in [0.3, 0.4) is 0 Å². The van der Waals surface area contributed by atoms with E-state index in [1.807, 2.05) is 11.9 Å². The van der Waals surface area contributed by atoms with Gasteiger partial charge >= 0.3 is 6.03 Å². The molecule has 1 unspecified atom stereocenters. The highest BCUT2D eigenvalue weighted by Gasteiger charge is 2.33. The fourth-order valence-corrected chi connectivity index (χ4v) is 2.34. The quantitative estimate of drug-likeness (QED) is 0.688. The lowest BCUT2D eigenvalue weighted by molar-refractivity contribution is 0.0354. The summed E-state index contributed by atoms with van der Waals surface area (Å²) < 4.78 is 5.30. The van der Waals surface area contributed by atoms with Crippen molar-refractivity contribution in [1.82, 2.24) is 14.7 Å². The van der Waals surface area contributed by atoms with Crippen LogP contribution in [0.15, 0.2) is 0 Å². The van der Waals surface area contributed by atoms with Gasteiger partial charge in [0.1, 0.15) is 0 Å². The zero-order valence-corrected chi connectivity index (χ0v) is 10.5. The highest BCUT2D eigenvalue weighted by atomic mass is 16.5. The maximum absolute atomic E-state index is 11.9. The van der Waals surface area contributed by atoms with E-state index in [2.05, 4.69) is 4.90 Å². The van der Waals surface area contributed by atoms with Gasteiger partial charge in [-0.1, -0.05) is 0 Å². The van der Waals surface area contributed by atoms with Crippen molar-refractivity contribution in [2.75, 3.05) is 59.5 Å². The number of nitrogens with zero attached hydrogens (tertiary/aromatic N) is 3. The van der Waals surface area contributed by atoms with Gasteiger partial charge in [-0.25, -0.2) is 4.79 Å². The van der Waals surface area contributed by atoms with Crippen LogP contribution in [0.5, 0.6) is 0 Å². The van der Waals surface area contributed by atoms with Crippen molar-refractivity contribution in [2.45, 2.75) is 6.04 Å². The maximum Gasteiger partial charge on any atom is 0.320 e. The molecule has 0 aromatic rings. The molecular weight excluding hydrogens is 220 g/mol. The second-order valence-corrected chi connectivity index (χ2v) is 4.68. The fraction of sp³-hybridized carbons (Fsp3) is 0.909. The van der Waals surface area contributed by atoms with Gasteiger partial charge in [0.2, 0.25) is 0 Å². The van der Waals surface area contributed by atoms with Crippen LogP contribution >= 0.6 is 0 Å². The number of amides is 2. The molecule has 0 aliphatic carbocycles. The van der Waals surface area contributed by atoms with Crippen molar-refractivity contribution in [3.05, 3.63) is 0 Å². The average Bonchev–Trinajstić information content (AvgIpc) is 2.65. The van der Waals surface area contributed by atoms with Crippen molar-refractivity contribution in [3.63, 3.8) is 0 Å². The molecular formula is C11H22N4O2. The summed E-state index contributed by atoms with van der Waals surface area (Å²) in [5.74, 6) is 0. The summed E-state index contributed by atoms with van der Waals surface area (Å²) in [5.41, 5.74) is 5.64. The third-order valence-electron chi connectivity index (χ3n) is 3.61. The van der Waals surface area contributed by atoms with Gasteiger partial charge in [-0.05, 0) is 0 Å². The Kier molecular flexibility index (Phi) is 4.20. The van der Waals surface area contributed by atoms with Gasteiger partial charge in [-0.3, -0.25) is 4.90 Å². The third-order valence-corrected chi connectivity index (χ3v) is 3.61. The van der Waals surface area contributed by atoms with E-state index in [9.17, 15) is 4.79 Å². The Balaban J connectivity index is 1.77. The Morgan fingerprint density at radius 1 is 1.35 bits per heavy atom. The number of likely N-dealkylation sites (N-methyl/N-ethyl adjacent to an activating group) is 1. The van der Waals surface area contributed by atoms with E-state index in [-0.39, 0.29) is 12.1 Å². The zero-order chi connectivity index (χ0) is 12.3. The summed E-state index contributed by atoms with van der Waals surface area (Å²) >= 11 is 0. The summed E-state index contributed by atoms with van der Waals surface area (Å²) in [6, 6.07) is 0.279. The van der Waals surface area contributed by atoms with Crippen molar-refractivity contribution in [1.29, 1.82) is 0 Å². The van der Waals surface area contributed by atoms with Crippen LogP contribution in [0.1, 0.15) is 0 Å². The lowest BCUT2D eigenvalue weighted by atomic mass is 10.3. The number of rotatable bonds is 4. The number of hydrogen-bond acceptors (Lipinski definition) is 4. The molecule has 0 aromatic carbocycles. The molecule has 17 heavy (non-hydrogen) atoms. The number of urea groups is 1. The normalized spacial score (nSPS) is 26.9. The summed E-state index contributed by atoms with van der Waals surface area (Å²) in [6.07, 6.45) is 0. The second-order valence-electron chi connectivity index (χ2n) is 4.68. The molecule has 0 spiro atoms. The predicted octanol–water partition coefficient (Wildman–Crippen LogP) is -0.987. The van der Waals surface area contributed by atoms with E-state index < -0.39 is 0 Å². The molecule has 6 heteroatoms. The van der Waals surface area contributed by atoms with Gasteiger partial charge in [0.05, 0.1) is 19.3 Å². The number of hydrogen-bond donors (Lipinski definition) is 1. The molecule has 2 fully saturated rings. The van der Waals surface area contributed by atoms with Gasteiger partial charge in [0.15, 0.2) is 0 Å². The lowest BCUT2D eigenvalue weighted by Crippen LogP contribution is -2.42. The minimum Gasteiger partial charge on any atom is -0.379 e. The van der Waals surface area contributed by atoms with Crippen LogP contribution in [0.25, 0.3) is 0 Å². The number of nitrogens with two attached hydrogens (primary N) is 1. The molecule has 2 heterocycles. The first-order chi connectivity index (χ1) is 8.22. The Labute approximate surface area is 102 Å². The largest absolute Gasteiger partial charge is 0.379 e. The zero-order valence-electron chi connectivity index (χ0n) is 10.5. The van der Waals surface area contributed by atoms with Crippen LogP contribution < -0.4 is 5.73 Å². The summed E-state index contributed by atoms with van der Waals surface area (Å²) in [4.78, 5) is 17.9. The van der Waals surface area contributed by atoms with E-state index in [0.29, 0.717) is 6.54 Å². The molecule has 98 valence electrons. The molecule has 2 N–H and O–H groups in total. The Morgan fingerprint density at radius 3 is 2.65 bits per heavy atom. The first-order valence-corrected chi connectivity index (χ1v) is 6.24. The van der Waals surface area contributed by atoms with Gasteiger partial charge in [-0.15, -0.1) is 0 Å². The summed E-state index contributed by atoms with van der Waals surface area (Å²) in [6.45, 7) is 6.57. The molecule has 0 aromatic heterocycles. The minimum atomic E-state index is 0.105. The Hall–Kier alpha value is -0.850. The first-order valence-electron chi connectivity index (χ1n) is 6.24. The van der Waals surface area contributed by atoms with E-state index in [1.165, 1.54) is 0 Å². The molecule has 2 aliphatic heterocycles. The molecule has 1 atom stereocenters. The third kappa shape index (κ3) is 2.88. The molecule has 2 rings (SSSR count). The van der Waals surface area contributed by atoms with Crippen molar-refractivity contribution >= 4 is 6.03 Å². The van der Waals surface area contributed by atoms with Gasteiger partial charge in [-0.2, -0.15) is 0 Å². The van der Waals surface area contributed by atoms with Crippen molar-refractivity contribution in [2.24, 2.45) is 5.73 Å². The highest BCUT2D eigenvalue weighted by molar-refractivity contribution is 5.76. The number of ether oxygens (including phenoxy) is 1. The first kappa shape index (κ1) is 12.6. The van der Waals surface area contributed by atoms with Gasteiger partial charge in [0.25, 0.3) is 0 Å². The van der Waals surface area contributed by atoms with Crippen LogP contribution in [-0.4, -0.2) is 86.3 Å². The highest BCUT2D eigenvalue weighted by Crippen LogP contribution is 2.12. The standard InChI is InChI=1S/C11H22N4O2/c1-13-10(8-12)9-15(11(13)16)3-2-14-4-6-17-7-5-14/h10H,2-9,12H2,1H3. The molecule has 0 saturated carbocycles. The topological polar surface area (TPSA) is 62.0 Å². The molecule has 2 amide bonds. The van der Waals surface area contributed by atoms with Crippen molar-refractivity contribution < 1.29 is 9.53 Å². The average molecular weight is 242 g/mol. The van der Waals surface area contributed by atoms with Gasteiger partial charge < -0.3 is 20.3 Å². The molecule has 0 radical (unpaired) electrons.